The highest BCUT2D eigenvalue weighted by molar-refractivity contribution is 6.30. The number of hydrogen-bond donors (Lipinski definition) is 0. The molecule has 1 aromatic heterocycles. The van der Waals surface area contributed by atoms with Crippen molar-refractivity contribution in [2.45, 2.75) is 13.0 Å². The third kappa shape index (κ3) is 2.90. The zero-order valence-corrected chi connectivity index (χ0v) is 9.26. The van der Waals surface area contributed by atoms with Crippen molar-refractivity contribution in [2.24, 2.45) is 0 Å². The number of carbonyl (C=O) groups excluding carboxylic acids is 1. The molecule has 0 atom stereocenters. The molecule has 0 spiro atoms. The molecule has 0 aliphatic rings. The first-order valence-electron chi connectivity index (χ1n) is 4.82. The highest BCUT2D eigenvalue weighted by Gasteiger charge is 2.05. The number of aromatic nitrogens is 3. The van der Waals surface area contributed by atoms with Gasteiger partial charge >= 0.3 is 0 Å². The number of Topliss-reactive ketones (excluding diaryl/α,β-unsaturated/α-hetero) is 1. The van der Waals surface area contributed by atoms with Gasteiger partial charge in [-0.05, 0) is 17.7 Å². The van der Waals surface area contributed by atoms with Gasteiger partial charge < -0.3 is 0 Å². The molecular formula is C11H10ClN3O. The van der Waals surface area contributed by atoms with Crippen LogP contribution in [0.1, 0.15) is 5.56 Å². The summed E-state index contributed by atoms with van der Waals surface area (Å²) >= 11 is 5.83. The lowest BCUT2D eigenvalue weighted by atomic mass is 10.1. The molecule has 0 saturated heterocycles. The van der Waals surface area contributed by atoms with E-state index in [0.717, 1.165) is 5.56 Å². The molecule has 5 heteroatoms. The Bertz CT molecular complexity index is 482. The van der Waals surface area contributed by atoms with E-state index in [4.69, 9.17) is 11.6 Å². The van der Waals surface area contributed by atoms with Gasteiger partial charge in [-0.2, -0.15) is 5.10 Å². The van der Waals surface area contributed by atoms with Crippen molar-refractivity contribution in [1.82, 2.24) is 14.8 Å². The molecule has 2 aromatic rings. The first-order chi connectivity index (χ1) is 7.74. The first kappa shape index (κ1) is 10.8. The molecule has 0 amide bonds. The summed E-state index contributed by atoms with van der Waals surface area (Å²) in [7, 11) is 0. The molecule has 82 valence electrons. The fourth-order valence-corrected chi connectivity index (χ4v) is 1.64. The zero-order chi connectivity index (χ0) is 11.4. The van der Waals surface area contributed by atoms with Crippen LogP contribution in [0.5, 0.6) is 0 Å². The van der Waals surface area contributed by atoms with E-state index in [1.165, 1.54) is 17.3 Å². The Morgan fingerprint density at radius 3 is 3.00 bits per heavy atom. The van der Waals surface area contributed by atoms with E-state index in [0.29, 0.717) is 11.4 Å². The fourth-order valence-electron chi connectivity index (χ4n) is 1.43. The van der Waals surface area contributed by atoms with Crippen LogP contribution in [0.15, 0.2) is 36.9 Å². The SMILES string of the molecule is O=C(Cc1cccc(Cl)c1)Cn1cncn1. The van der Waals surface area contributed by atoms with Gasteiger partial charge in [0.05, 0.1) is 0 Å². The average Bonchev–Trinajstić information content (AvgIpc) is 2.70. The standard InChI is InChI=1S/C11H10ClN3O/c12-10-3-1-2-9(4-10)5-11(16)6-15-8-13-7-14-15/h1-4,7-8H,5-6H2. The summed E-state index contributed by atoms with van der Waals surface area (Å²) in [5, 5.41) is 4.52. The lowest BCUT2D eigenvalue weighted by Gasteiger charge is -2.01. The molecule has 0 radical (unpaired) electrons. The van der Waals surface area contributed by atoms with E-state index in [2.05, 4.69) is 10.1 Å². The minimum atomic E-state index is 0.0766. The van der Waals surface area contributed by atoms with Crippen molar-refractivity contribution >= 4 is 17.4 Å². The van der Waals surface area contributed by atoms with Crippen molar-refractivity contribution in [3.05, 3.63) is 47.5 Å². The van der Waals surface area contributed by atoms with Crippen LogP contribution >= 0.6 is 11.6 Å². The first-order valence-corrected chi connectivity index (χ1v) is 5.20. The van der Waals surface area contributed by atoms with Gasteiger partial charge in [-0.1, -0.05) is 23.7 Å². The molecule has 0 aliphatic heterocycles. The fraction of sp³-hybridized carbons (Fsp3) is 0.182. The highest BCUT2D eigenvalue weighted by atomic mass is 35.5. The Morgan fingerprint density at radius 1 is 1.44 bits per heavy atom. The minimum Gasteiger partial charge on any atom is -0.297 e. The van der Waals surface area contributed by atoms with E-state index in [1.54, 1.807) is 12.1 Å². The van der Waals surface area contributed by atoms with Crippen LogP contribution in [0.2, 0.25) is 5.02 Å². The summed E-state index contributed by atoms with van der Waals surface area (Å²) in [4.78, 5) is 15.4. The summed E-state index contributed by atoms with van der Waals surface area (Å²) in [6.45, 7) is 0.243. The number of halogens is 1. The Hall–Kier alpha value is -1.68. The Morgan fingerprint density at radius 2 is 2.31 bits per heavy atom. The largest absolute Gasteiger partial charge is 0.297 e. The maximum atomic E-state index is 11.7. The molecule has 1 heterocycles. The van der Waals surface area contributed by atoms with E-state index in [1.807, 2.05) is 12.1 Å². The number of benzene rings is 1. The summed E-state index contributed by atoms with van der Waals surface area (Å²) in [5.74, 6) is 0.0766. The number of nitrogens with zero attached hydrogens (tertiary/aromatic N) is 3. The normalized spacial score (nSPS) is 10.3. The molecule has 0 N–H and O–H groups in total. The second-order valence-electron chi connectivity index (χ2n) is 3.44. The molecule has 0 aliphatic carbocycles. The maximum Gasteiger partial charge on any atom is 0.158 e. The van der Waals surface area contributed by atoms with Crippen LogP contribution in [0.4, 0.5) is 0 Å². The van der Waals surface area contributed by atoms with Crippen molar-refractivity contribution in [3.8, 4) is 0 Å². The second-order valence-corrected chi connectivity index (χ2v) is 3.87. The van der Waals surface area contributed by atoms with Crippen LogP contribution in [-0.4, -0.2) is 20.5 Å². The van der Waals surface area contributed by atoms with Crippen LogP contribution in [-0.2, 0) is 17.8 Å². The van der Waals surface area contributed by atoms with Crippen LogP contribution < -0.4 is 0 Å². The van der Waals surface area contributed by atoms with Gasteiger partial charge in [-0.15, -0.1) is 0 Å². The zero-order valence-electron chi connectivity index (χ0n) is 8.51. The van der Waals surface area contributed by atoms with E-state index < -0.39 is 0 Å². The van der Waals surface area contributed by atoms with E-state index >= 15 is 0 Å². The molecule has 0 bridgehead atoms. The van der Waals surface area contributed by atoms with E-state index in [9.17, 15) is 4.79 Å². The number of ketones is 1. The van der Waals surface area contributed by atoms with Crippen LogP contribution in [0.3, 0.4) is 0 Å². The Kier molecular flexibility index (Phi) is 3.31. The predicted molar refractivity (Wildman–Crippen MR) is 60.2 cm³/mol. The second kappa shape index (κ2) is 4.90. The van der Waals surface area contributed by atoms with Gasteiger partial charge in [0.15, 0.2) is 5.78 Å². The summed E-state index contributed by atoms with van der Waals surface area (Å²) in [6, 6.07) is 7.29. The Labute approximate surface area is 97.9 Å². The minimum absolute atomic E-state index is 0.0766. The maximum absolute atomic E-state index is 11.7. The predicted octanol–water partition coefficient (Wildman–Crippen LogP) is 1.74. The molecule has 0 fully saturated rings. The molecule has 16 heavy (non-hydrogen) atoms. The number of rotatable bonds is 4. The van der Waals surface area contributed by atoms with Crippen molar-refractivity contribution in [1.29, 1.82) is 0 Å². The smallest absolute Gasteiger partial charge is 0.158 e. The molecule has 0 saturated carbocycles. The third-order valence-electron chi connectivity index (χ3n) is 2.10. The van der Waals surface area contributed by atoms with Crippen molar-refractivity contribution in [2.75, 3.05) is 0 Å². The molecule has 4 nitrogen and oxygen atoms in total. The highest BCUT2D eigenvalue weighted by Crippen LogP contribution is 2.11. The van der Waals surface area contributed by atoms with Gasteiger partial charge in [0.1, 0.15) is 19.2 Å². The summed E-state index contributed by atoms with van der Waals surface area (Å²) in [6.07, 6.45) is 3.29. The molecule has 0 unspecified atom stereocenters. The van der Waals surface area contributed by atoms with Crippen LogP contribution in [0, 0.1) is 0 Å². The topological polar surface area (TPSA) is 47.8 Å². The summed E-state index contributed by atoms with van der Waals surface area (Å²) in [5.41, 5.74) is 0.914. The Balaban J connectivity index is 1.97. The van der Waals surface area contributed by atoms with Crippen molar-refractivity contribution in [3.63, 3.8) is 0 Å². The van der Waals surface area contributed by atoms with Gasteiger partial charge in [0, 0.05) is 11.4 Å². The summed E-state index contributed by atoms with van der Waals surface area (Å²) < 4.78 is 1.51. The number of hydrogen-bond acceptors (Lipinski definition) is 3. The molecule has 1 aromatic carbocycles. The molecule has 2 rings (SSSR count). The number of carbonyl (C=O) groups is 1. The lowest BCUT2D eigenvalue weighted by Crippen LogP contribution is -2.12. The average molecular weight is 236 g/mol. The van der Waals surface area contributed by atoms with Crippen molar-refractivity contribution < 1.29 is 4.79 Å². The monoisotopic (exact) mass is 235 g/mol. The lowest BCUT2D eigenvalue weighted by molar-refractivity contribution is -0.119. The van der Waals surface area contributed by atoms with Gasteiger partial charge in [0.2, 0.25) is 0 Å². The van der Waals surface area contributed by atoms with E-state index in [-0.39, 0.29) is 12.3 Å². The quantitative estimate of drug-likeness (QED) is 0.811. The van der Waals surface area contributed by atoms with Gasteiger partial charge in [0.25, 0.3) is 0 Å². The van der Waals surface area contributed by atoms with Crippen LogP contribution in [0.25, 0.3) is 0 Å². The molecular weight excluding hydrogens is 226 g/mol. The van der Waals surface area contributed by atoms with Gasteiger partial charge in [-0.3, -0.25) is 4.79 Å². The van der Waals surface area contributed by atoms with Gasteiger partial charge in [-0.25, -0.2) is 9.67 Å². The third-order valence-corrected chi connectivity index (χ3v) is 2.33.